The zero-order valence-electron chi connectivity index (χ0n) is 15.2. The van der Waals surface area contributed by atoms with Crippen LogP contribution in [0.4, 0.5) is 0 Å². The van der Waals surface area contributed by atoms with Crippen molar-refractivity contribution in [3.05, 3.63) is 29.8 Å². The Morgan fingerprint density at radius 2 is 1.80 bits per heavy atom. The van der Waals surface area contributed by atoms with Gasteiger partial charge in [-0.1, -0.05) is 32.4 Å². The van der Waals surface area contributed by atoms with Gasteiger partial charge in [-0.05, 0) is 49.3 Å². The minimum Gasteiger partial charge on any atom is -0.490 e. The summed E-state index contributed by atoms with van der Waals surface area (Å²) in [6, 6.07) is 7.62. The minimum absolute atomic E-state index is 0.0227. The van der Waals surface area contributed by atoms with Crippen molar-refractivity contribution in [3.63, 3.8) is 0 Å². The van der Waals surface area contributed by atoms with Crippen molar-refractivity contribution in [1.82, 2.24) is 5.32 Å². The van der Waals surface area contributed by atoms with Crippen LogP contribution in [0.1, 0.15) is 51.5 Å². The molecule has 0 radical (unpaired) electrons. The summed E-state index contributed by atoms with van der Waals surface area (Å²) in [7, 11) is -3.34. The molecule has 1 aliphatic rings. The number of benzene rings is 1. The number of carbonyl (C=O) groups is 1. The van der Waals surface area contributed by atoms with Gasteiger partial charge in [-0.2, -0.15) is 0 Å². The van der Waals surface area contributed by atoms with Gasteiger partial charge in [0.2, 0.25) is 5.91 Å². The van der Waals surface area contributed by atoms with Crippen molar-refractivity contribution in [2.45, 2.75) is 58.6 Å². The third-order valence-corrected chi connectivity index (χ3v) is 6.08. The van der Waals surface area contributed by atoms with Crippen molar-refractivity contribution < 1.29 is 17.9 Å². The Labute approximate surface area is 151 Å². The molecule has 0 heterocycles. The van der Waals surface area contributed by atoms with Gasteiger partial charge in [-0.25, -0.2) is 8.42 Å². The molecule has 0 aromatic heterocycles. The summed E-state index contributed by atoms with van der Waals surface area (Å²) in [5, 5.41) is 2.67. The molecule has 1 aromatic carbocycles. The predicted octanol–water partition coefficient (Wildman–Crippen LogP) is 3.09. The molecule has 1 amide bonds. The van der Waals surface area contributed by atoms with Crippen molar-refractivity contribution in [2.75, 3.05) is 11.5 Å². The number of carbonyl (C=O) groups excluding carboxylic acids is 1. The fraction of sp³-hybridized carbons (Fsp3) is 0.632. The highest BCUT2D eigenvalue weighted by Crippen LogP contribution is 2.23. The van der Waals surface area contributed by atoms with E-state index in [0.29, 0.717) is 12.6 Å². The van der Waals surface area contributed by atoms with Crippen LogP contribution in [-0.2, 0) is 21.2 Å². The maximum atomic E-state index is 11.8. The first-order valence-corrected chi connectivity index (χ1v) is 10.9. The third kappa shape index (κ3) is 7.46. The van der Waals surface area contributed by atoms with E-state index in [1.54, 1.807) is 0 Å². The van der Waals surface area contributed by atoms with E-state index in [1.165, 1.54) is 19.3 Å². The second-order valence-electron chi connectivity index (χ2n) is 7.25. The molecule has 0 bridgehead atoms. The van der Waals surface area contributed by atoms with Crippen LogP contribution in [0.5, 0.6) is 5.75 Å². The third-order valence-electron chi connectivity index (χ3n) is 4.21. The second kappa shape index (κ2) is 9.22. The fourth-order valence-electron chi connectivity index (χ4n) is 3.08. The summed E-state index contributed by atoms with van der Waals surface area (Å²) in [5.41, 5.74) is 0.922. The van der Waals surface area contributed by atoms with Crippen LogP contribution in [0.2, 0.25) is 0 Å². The lowest BCUT2D eigenvalue weighted by molar-refractivity contribution is -0.118. The molecule has 0 atom stereocenters. The molecule has 1 aliphatic carbocycles. The van der Waals surface area contributed by atoms with Gasteiger partial charge in [0.15, 0.2) is 9.84 Å². The molecule has 6 heteroatoms. The van der Waals surface area contributed by atoms with Crippen molar-refractivity contribution >= 4 is 15.7 Å². The molecule has 0 spiro atoms. The summed E-state index contributed by atoms with van der Waals surface area (Å²) in [5.74, 6) is 0.000903. The van der Waals surface area contributed by atoms with Crippen LogP contribution >= 0.6 is 0 Å². The molecule has 1 N–H and O–H groups in total. The lowest BCUT2D eigenvalue weighted by Crippen LogP contribution is -2.31. The zero-order valence-corrected chi connectivity index (χ0v) is 16.0. The molecule has 5 nitrogen and oxygen atoms in total. The molecule has 0 aliphatic heterocycles. The summed E-state index contributed by atoms with van der Waals surface area (Å²) in [6.45, 7) is 3.97. The predicted molar refractivity (Wildman–Crippen MR) is 99.3 cm³/mol. The second-order valence-corrected chi connectivity index (χ2v) is 9.36. The molecule has 25 heavy (non-hydrogen) atoms. The maximum Gasteiger partial charge on any atom is 0.235 e. The molecule has 140 valence electrons. The summed E-state index contributed by atoms with van der Waals surface area (Å²) in [4.78, 5) is 11.8. The van der Waals surface area contributed by atoms with E-state index in [0.717, 1.165) is 24.2 Å². The number of ether oxygens (including phenoxy) is 1. The van der Waals surface area contributed by atoms with Crippen LogP contribution in [0.3, 0.4) is 0 Å². The Bertz CT molecular complexity index is 647. The van der Waals surface area contributed by atoms with Crippen molar-refractivity contribution in [1.29, 1.82) is 0 Å². The topological polar surface area (TPSA) is 72.5 Å². The lowest BCUT2D eigenvalue weighted by atomic mass is 9.98. The fourth-order valence-corrected chi connectivity index (χ4v) is 4.71. The maximum absolute atomic E-state index is 11.8. The highest BCUT2D eigenvalue weighted by atomic mass is 32.2. The van der Waals surface area contributed by atoms with Crippen LogP contribution in [0, 0.1) is 5.92 Å². The molecular formula is C19H29NO4S. The SMILES string of the molecule is CC(C)CS(=O)(=O)CC(=O)NCc1ccc(OC2CCCCC2)cc1. The van der Waals surface area contributed by atoms with Gasteiger partial charge in [-0.15, -0.1) is 0 Å². The van der Waals surface area contributed by atoms with Crippen LogP contribution in [0.15, 0.2) is 24.3 Å². The van der Waals surface area contributed by atoms with E-state index < -0.39 is 21.5 Å². The number of hydrogen-bond donors (Lipinski definition) is 1. The van der Waals surface area contributed by atoms with Gasteiger partial charge in [0, 0.05) is 6.54 Å². The monoisotopic (exact) mass is 367 g/mol. The smallest absolute Gasteiger partial charge is 0.235 e. The zero-order chi connectivity index (χ0) is 18.3. The number of nitrogens with one attached hydrogen (secondary N) is 1. The molecule has 1 saturated carbocycles. The van der Waals surface area contributed by atoms with Crippen LogP contribution in [0.25, 0.3) is 0 Å². The Morgan fingerprint density at radius 3 is 2.40 bits per heavy atom. The van der Waals surface area contributed by atoms with E-state index in [-0.39, 0.29) is 11.7 Å². The first-order valence-electron chi connectivity index (χ1n) is 9.07. The summed E-state index contributed by atoms with van der Waals surface area (Å²) >= 11 is 0. The first-order chi connectivity index (χ1) is 11.8. The van der Waals surface area contributed by atoms with Crippen LogP contribution in [-0.4, -0.2) is 31.9 Å². The van der Waals surface area contributed by atoms with Crippen LogP contribution < -0.4 is 10.1 Å². The Morgan fingerprint density at radius 1 is 1.16 bits per heavy atom. The summed E-state index contributed by atoms with van der Waals surface area (Å²) in [6.07, 6.45) is 6.30. The highest BCUT2D eigenvalue weighted by Gasteiger charge is 2.18. The number of hydrogen-bond acceptors (Lipinski definition) is 4. The van der Waals surface area contributed by atoms with Crippen molar-refractivity contribution in [3.8, 4) is 5.75 Å². The molecule has 2 rings (SSSR count). The molecule has 0 unspecified atom stereocenters. The van der Waals surface area contributed by atoms with E-state index >= 15 is 0 Å². The molecule has 0 saturated heterocycles. The first kappa shape index (κ1) is 19.8. The average Bonchev–Trinajstić information content (AvgIpc) is 2.53. The Balaban J connectivity index is 1.78. The molecule has 1 fully saturated rings. The largest absolute Gasteiger partial charge is 0.490 e. The standard InChI is InChI=1S/C19H29NO4S/c1-15(2)13-25(22,23)14-19(21)20-12-16-8-10-18(11-9-16)24-17-6-4-3-5-7-17/h8-11,15,17H,3-7,12-14H2,1-2H3,(H,20,21). The quantitative estimate of drug-likeness (QED) is 0.766. The Hall–Kier alpha value is -1.56. The molecular weight excluding hydrogens is 338 g/mol. The number of sulfone groups is 1. The van der Waals surface area contributed by atoms with E-state index in [9.17, 15) is 13.2 Å². The number of amides is 1. The van der Waals surface area contributed by atoms with Gasteiger partial charge in [0.05, 0.1) is 11.9 Å². The minimum atomic E-state index is -3.34. The normalized spacial score (nSPS) is 16.0. The molecule has 1 aromatic rings. The average molecular weight is 368 g/mol. The van der Waals surface area contributed by atoms with E-state index in [1.807, 2.05) is 38.1 Å². The van der Waals surface area contributed by atoms with Gasteiger partial charge >= 0.3 is 0 Å². The van der Waals surface area contributed by atoms with E-state index in [4.69, 9.17) is 4.74 Å². The highest BCUT2D eigenvalue weighted by molar-refractivity contribution is 7.92. The van der Waals surface area contributed by atoms with Gasteiger partial charge in [0.1, 0.15) is 11.5 Å². The summed E-state index contributed by atoms with van der Waals surface area (Å²) < 4.78 is 29.6. The lowest BCUT2D eigenvalue weighted by Gasteiger charge is -2.23. The van der Waals surface area contributed by atoms with Crippen molar-refractivity contribution in [2.24, 2.45) is 5.92 Å². The van der Waals surface area contributed by atoms with Gasteiger partial charge in [0.25, 0.3) is 0 Å². The van der Waals surface area contributed by atoms with Gasteiger partial charge < -0.3 is 10.1 Å². The van der Waals surface area contributed by atoms with Gasteiger partial charge in [-0.3, -0.25) is 4.79 Å². The van der Waals surface area contributed by atoms with E-state index in [2.05, 4.69) is 5.32 Å². The number of rotatable bonds is 8. The Kier molecular flexibility index (Phi) is 7.29.